The first-order valence-corrected chi connectivity index (χ1v) is 6.74. The molecule has 0 aliphatic heterocycles. The van der Waals surface area contributed by atoms with Gasteiger partial charge in [0.1, 0.15) is 0 Å². The minimum absolute atomic E-state index is 0.0104. The van der Waals surface area contributed by atoms with Gasteiger partial charge in [-0.3, -0.25) is 4.79 Å². The van der Waals surface area contributed by atoms with Crippen molar-refractivity contribution in [1.29, 1.82) is 0 Å². The average Bonchev–Trinajstić information content (AvgIpc) is 3.20. The van der Waals surface area contributed by atoms with Gasteiger partial charge in [-0.2, -0.15) is 0 Å². The highest BCUT2D eigenvalue weighted by atomic mass is 16.2. The minimum Gasteiger partial charge on any atom is -0.351 e. The molecular weight excluding hydrogens is 256 g/mol. The lowest BCUT2D eigenvalue weighted by Crippen LogP contribution is -2.36. The fourth-order valence-electron chi connectivity index (χ4n) is 1.90. The van der Waals surface area contributed by atoms with Crippen LogP contribution in [0.25, 0.3) is 0 Å². The van der Waals surface area contributed by atoms with Crippen LogP contribution in [0.1, 0.15) is 31.4 Å². The topological polar surface area (TPSA) is 96.2 Å². The van der Waals surface area contributed by atoms with Crippen LogP contribution in [-0.4, -0.2) is 24.5 Å². The molecule has 1 aromatic rings. The van der Waals surface area contributed by atoms with Gasteiger partial charge in [0.05, 0.1) is 12.6 Å². The van der Waals surface area contributed by atoms with E-state index in [1.807, 2.05) is 19.1 Å². The van der Waals surface area contributed by atoms with E-state index in [-0.39, 0.29) is 11.9 Å². The molecule has 0 spiro atoms. The van der Waals surface area contributed by atoms with Crippen molar-refractivity contribution in [1.82, 2.24) is 10.6 Å². The normalized spacial score (nSPS) is 15.4. The smallest absolute Gasteiger partial charge is 0.316 e. The number of carbonyl (C=O) groups is 2. The van der Waals surface area contributed by atoms with Crippen molar-refractivity contribution in [2.45, 2.75) is 31.8 Å². The van der Waals surface area contributed by atoms with Gasteiger partial charge in [0.2, 0.25) is 5.91 Å². The molecule has 0 radical (unpaired) electrons. The van der Waals surface area contributed by atoms with E-state index in [1.165, 1.54) is 0 Å². The lowest BCUT2D eigenvalue weighted by Gasteiger charge is -2.15. The van der Waals surface area contributed by atoms with E-state index in [9.17, 15) is 9.59 Å². The number of hydrogen-bond donors (Lipinski definition) is 4. The molecule has 1 fully saturated rings. The first-order valence-electron chi connectivity index (χ1n) is 6.74. The fourth-order valence-corrected chi connectivity index (χ4v) is 1.90. The van der Waals surface area contributed by atoms with Crippen molar-refractivity contribution in [2.24, 2.45) is 5.73 Å². The Bertz CT molecular complexity index is 482. The molecule has 5 N–H and O–H groups in total. The van der Waals surface area contributed by atoms with Crippen molar-refractivity contribution in [3.63, 3.8) is 0 Å². The van der Waals surface area contributed by atoms with Crippen LogP contribution >= 0.6 is 0 Å². The maximum Gasteiger partial charge on any atom is 0.316 e. The van der Waals surface area contributed by atoms with E-state index in [2.05, 4.69) is 16.0 Å². The Morgan fingerprint density at radius 2 is 1.95 bits per heavy atom. The number of nitrogens with two attached hydrogens (primary N) is 1. The number of anilines is 1. The van der Waals surface area contributed by atoms with E-state index in [4.69, 9.17) is 5.73 Å². The molecule has 1 aliphatic rings. The zero-order chi connectivity index (χ0) is 14.5. The second kappa shape index (κ2) is 6.38. The maximum atomic E-state index is 11.7. The number of primary amides is 1. The number of carbonyl (C=O) groups excluding carboxylic acids is 2. The fraction of sp³-hybridized carbons (Fsp3) is 0.429. The van der Waals surface area contributed by atoms with Crippen molar-refractivity contribution in [3.8, 4) is 0 Å². The molecule has 1 aromatic carbocycles. The number of benzene rings is 1. The van der Waals surface area contributed by atoms with E-state index in [0.717, 1.165) is 18.4 Å². The van der Waals surface area contributed by atoms with Gasteiger partial charge in [-0.15, -0.1) is 0 Å². The lowest BCUT2D eigenvalue weighted by atomic mass is 10.1. The third-order valence-corrected chi connectivity index (χ3v) is 3.18. The Balaban J connectivity index is 1.82. The predicted molar refractivity (Wildman–Crippen MR) is 77.2 cm³/mol. The van der Waals surface area contributed by atoms with Crippen molar-refractivity contribution >= 4 is 17.6 Å². The minimum atomic E-state index is -0.592. The predicted octanol–water partition coefficient (Wildman–Crippen LogP) is 1.11. The molecule has 108 valence electrons. The first-order chi connectivity index (χ1) is 9.54. The first kappa shape index (κ1) is 14.3. The molecule has 0 aromatic heterocycles. The third-order valence-electron chi connectivity index (χ3n) is 3.18. The molecule has 1 atom stereocenters. The SMILES string of the molecule is CC(NC(=O)CNC1CC1)c1ccc(NC(N)=O)cc1. The standard InChI is InChI=1S/C14H20N4O2/c1-9(17-13(19)8-16-11-6-7-11)10-2-4-12(5-3-10)18-14(15)20/h2-5,9,11,16H,6-8H2,1H3,(H,17,19)(H3,15,18,20). The summed E-state index contributed by atoms with van der Waals surface area (Å²) in [5.41, 5.74) is 6.64. The van der Waals surface area contributed by atoms with E-state index >= 15 is 0 Å². The summed E-state index contributed by atoms with van der Waals surface area (Å²) in [6.07, 6.45) is 2.33. The van der Waals surface area contributed by atoms with Crippen LogP contribution in [0, 0.1) is 0 Å². The summed E-state index contributed by atoms with van der Waals surface area (Å²) in [7, 11) is 0. The van der Waals surface area contributed by atoms with Crippen molar-refractivity contribution in [3.05, 3.63) is 29.8 Å². The summed E-state index contributed by atoms with van der Waals surface area (Å²) in [5, 5.41) is 8.59. The quantitative estimate of drug-likeness (QED) is 0.626. The molecular formula is C14H20N4O2. The highest BCUT2D eigenvalue weighted by molar-refractivity contribution is 5.87. The van der Waals surface area contributed by atoms with Crippen LogP contribution in [-0.2, 0) is 4.79 Å². The Morgan fingerprint density at radius 3 is 2.50 bits per heavy atom. The molecule has 1 unspecified atom stereocenters. The van der Waals surface area contributed by atoms with E-state index in [1.54, 1.807) is 12.1 Å². The van der Waals surface area contributed by atoms with Gasteiger partial charge in [-0.25, -0.2) is 4.79 Å². The molecule has 0 heterocycles. The highest BCUT2D eigenvalue weighted by Gasteiger charge is 2.21. The Labute approximate surface area is 118 Å². The van der Waals surface area contributed by atoms with Crippen molar-refractivity contribution < 1.29 is 9.59 Å². The van der Waals surface area contributed by atoms with Crippen LogP contribution in [0.2, 0.25) is 0 Å². The van der Waals surface area contributed by atoms with Gasteiger partial charge in [0.25, 0.3) is 0 Å². The van der Waals surface area contributed by atoms with Gasteiger partial charge < -0.3 is 21.7 Å². The molecule has 20 heavy (non-hydrogen) atoms. The molecule has 6 heteroatoms. The highest BCUT2D eigenvalue weighted by Crippen LogP contribution is 2.18. The van der Waals surface area contributed by atoms with Gasteiger partial charge in [-0.05, 0) is 37.5 Å². The zero-order valence-electron chi connectivity index (χ0n) is 11.5. The molecule has 3 amide bonds. The Kier molecular flexibility index (Phi) is 4.57. The van der Waals surface area contributed by atoms with Crippen LogP contribution in [0.15, 0.2) is 24.3 Å². The van der Waals surface area contributed by atoms with E-state index in [0.29, 0.717) is 18.3 Å². The number of urea groups is 1. The second-order valence-corrected chi connectivity index (χ2v) is 5.06. The lowest BCUT2D eigenvalue weighted by molar-refractivity contribution is -0.120. The van der Waals surface area contributed by atoms with Crippen LogP contribution < -0.4 is 21.7 Å². The molecule has 0 bridgehead atoms. The third kappa shape index (κ3) is 4.55. The Morgan fingerprint density at radius 1 is 1.30 bits per heavy atom. The van der Waals surface area contributed by atoms with Crippen LogP contribution in [0.5, 0.6) is 0 Å². The summed E-state index contributed by atoms with van der Waals surface area (Å²) < 4.78 is 0. The van der Waals surface area contributed by atoms with Crippen LogP contribution in [0.4, 0.5) is 10.5 Å². The van der Waals surface area contributed by atoms with Gasteiger partial charge >= 0.3 is 6.03 Å². The monoisotopic (exact) mass is 276 g/mol. The summed E-state index contributed by atoms with van der Waals surface area (Å²) >= 11 is 0. The largest absolute Gasteiger partial charge is 0.351 e. The average molecular weight is 276 g/mol. The molecule has 1 saturated carbocycles. The van der Waals surface area contributed by atoms with Gasteiger partial charge in [-0.1, -0.05) is 12.1 Å². The molecule has 0 saturated heterocycles. The summed E-state index contributed by atoms with van der Waals surface area (Å²) in [4.78, 5) is 22.4. The molecule has 1 aliphatic carbocycles. The summed E-state index contributed by atoms with van der Waals surface area (Å²) in [6.45, 7) is 2.28. The van der Waals surface area contributed by atoms with Gasteiger partial charge in [0.15, 0.2) is 0 Å². The molecule has 6 nitrogen and oxygen atoms in total. The Hall–Kier alpha value is -2.08. The number of nitrogens with one attached hydrogen (secondary N) is 3. The maximum absolute atomic E-state index is 11.7. The van der Waals surface area contributed by atoms with Gasteiger partial charge in [0, 0.05) is 11.7 Å². The van der Waals surface area contributed by atoms with Crippen molar-refractivity contribution in [2.75, 3.05) is 11.9 Å². The number of hydrogen-bond acceptors (Lipinski definition) is 3. The number of rotatable bonds is 6. The number of amides is 3. The second-order valence-electron chi connectivity index (χ2n) is 5.06. The summed E-state index contributed by atoms with van der Waals surface area (Å²) in [6, 6.07) is 7.07. The zero-order valence-corrected chi connectivity index (χ0v) is 11.5. The van der Waals surface area contributed by atoms with Crippen LogP contribution in [0.3, 0.4) is 0 Å². The van der Waals surface area contributed by atoms with E-state index < -0.39 is 6.03 Å². The molecule has 2 rings (SSSR count). The summed E-state index contributed by atoms with van der Waals surface area (Å²) in [5.74, 6) is -0.0104.